The van der Waals surface area contributed by atoms with E-state index < -0.39 is 0 Å². The molecule has 0 fully saturated rings. The predicted molar refractivity (Wildman–Crippen MR) is 77.7 cm³/mol. The summed E-state index contributed by atoms with van der Waals surface area (Å²) in [5.41, 5.74) is 1.93. The zero-order valence-corrected chi connectivity index (χ0v) is 11.8. The number of hydrogen-bond donors (Lipinski definition) is 0. The predicted octanol–water partition coefficient (Wildman–Crippen LogP) is 3.25. The van der Waals surface area contributed by atoms with Crippen molar-refractivity contribution in [3.8, 4) is 0 Å². The Hall–Kier alpha value is -1.59. The van der Waals surface area contributed by atoms with Gasteiger partial charge in [0, 0.05) is 6.20 Å². The van der Waals surface area contributed by atoms with Crippen LogP contribution in [-0.4, -0.2) is 26.0 Å². The van der Waals surface area contributed by atoms with Crippen LogP contribution in [0, 0.1) is 0 Å². The Labute approximate surface area is 119 Å². The highest BCUT2D eigenvalue weighted by molar-refractivity contribution is 7.98. The summed E-state index contributed by atoms with van der Waals surface area (Å²) in [7, 11) is 0. The van der Waals surface area contributed by atoms with Crippen molar-refractivity contribution in [2.24, 2.45) is 0 Å². The maximum atomic E-state index is 6.12. The van der Waals surface area contributed by atoms with Gasteiger partial charge >= 0.3 is 0 Å². The molecule has 3 aromatic rings. The van der Waals surface area contributed by atoms with Gasteiger partial charge < -0.3 is 0 Å². The van der Waals surface area contributed by atoms with E-state index in [9.17, 15) is 0 Å². The average Bonchev–Trinajstić information content (AvgIpc) is 2.76. The maximum Gasteiger partial charge on any atom is 0.189 e. The summed E-state index contributed by atoms with van der Waals surface area (Å²) in [5.74, 6) is 0. The van der Waals surface area contributed by atoms with Crippen LogP contribution in [0.25, 0.3) is 11.0 Å². The SMILES string of the molecule is CSc1ncc2c(Cl)nn(Cc3ccccc3)c2n1. The Morgan fingerprint density at radius 3 is 2.79 bits per heavy atom. The molecule has 3 rings (SSSR count). The molecule has 0 aliphatic heterocycles. The van der Waals surface area contributed by atoms with Gasteiger partial charge in [0.25, 0.3) is 0 Å². The third-order valence-corrected chi connectivity index (χ3v) is 3.62. The van der Waals surface area contributed by atoms with E-state index in [1.165, 1.54) is 11.8 Å². The van der Waals surface area contributed by atoms with Gasteiger partial charge in [0.1, 0.15) is 0 Å². The number of benzene rings is 1. The van der Waals surface area contributed by atoms with Crippen LogP contribution in [0.4, 0.5) is 0 Å². The lowest BCUT2D eigenvalue weighted by Gasteiger charge is -2.03. The van der Waals surface area contributed by atoms with Crippen LogP contribution in [-0.2, 0) is 6.54 Å². The monoisotopic (exact) mass is 290 g/mol. The third-order valence-electron chi connectivity index (χ3n) is 2.78. The number of rotatable bonds is 3. The second-order valence-corrected chi connectivity index (χ2v) is 5.16. The van der Waals surface area contributed by atoms with E-state index in [0.717, 1.165) is 21.8 Å². The standard InChI is InChI=1S/C13H11ClN4S/c1-19-13-15-7-10-11(14)17-18(12(10)16-13)8-9-5-3-2-4-6-9/h2-7H,8H2,1H3. The lowest BCUT2D eigenvalue weighted by molar-refractivity contribution is 0.700. The Balaban J connectivity index is 2.08. The average molecular weight is 291 g/mol. The van der Waals surface area contributed by atoms with Crippen molar-refractivity contribution >= 4 is 34.4 Å². The molecule has 0 spiro atoms. The van der Waals surface area contributed by atoms with E-state index >= 15 is 0 Å². The zero-order valence-electron chi connectivity index (χ0n) is 10.2. The Morgan fingerprint density at radius 1 is 1.26 bits per heavy atom. The fourth-order valence-electron chi connectivity index (χ4n) is 1.87. The first kappa shape index (κ1) is 12.4. The smallest absolute Gasteiger partial charge is 0.189 e. The first-order valence-electron chi connectivity index (χ1n) is 5.75. The molecule has 0 aliphatic rings. The highest BCUT2D eigenvalue weighted by atomic mass is 35.5. The Morgan fingerprint density at radius 2 is 2.05 bits per heavy atom. The van der Waals surface area contributed by atoms with Gasteiger partial charge in [-0.25, -0.2) is 14.6 Å². The number of thioether (sulfide) groups is 1. The summed E-state index contributed by atoms with van der Waals surface area (Å²) >= 11 is 7.62. The Bertz CT molecular complexity index is 711. The summed E-state index contributed by atoms with van der Waals surface area (Å²) in [6, 6.07) is 10.1. The summed E-state index contributed by atoms with van der Waals surface area (Å²) < 4.78 is 1.81. The van der Waals surface area contributed by atoms with Crippen LogP contribution >= 0.6 is 23.4 Å². The van der Waals surface area contributed by atoms with Crippen molar-refractivity contribution in [3.63, 3.8) is 0 Å². The van der Waals surface area contributed by atoms with E-state index in [0.29, 0.717) is 11.7 Å². The second-order valence-electron chi connectivity index (χ2n) is 4.03. The van der Waals surface area contributed by atoms with E-state index in [1.807, 2.05) is 29.1 Å². The van der Waals surface area contributed by atoms with Gasteiger partial charge in [-0.3, -0.25) is 0 Å². The number of nitrogens with zero attached hydrogens (tertiary/aromatic N) is 4. The first-order chi connectivity index (χ1) is 9.28. The fraction of sp³-hybridized carbons (Fsp3) is 0.154. The van der Waals surface area contributed by atoms with E-state index in [-0.39, 0.29) is 0 Å². The van der Waals surface area contributed by atoms with E-state index in [4.69, 9.17) is 11.6 Å². The molecule has 4 nitrogen and oxygen atoms in total. The van der Waals surface area contributed by atoms with Crippen LogP contribution < -0.4 is 0 Å². The molecule has 0 atom stereocenters. The topological polar surface area (TPSA) is 43.6 Å². The summed E-state index contributed by atoms with van der Waals surface area (Å²) in [5, 5.41) is 6.28. The van der Waals surface area contributed by atoms with Gasteiger partial charge in [-0.2, -0.15) is 5.10 Å². The largest absolute Gasteiger partial charge is 0.241 e. The minimum atomic E-state index is 0.443. The van der Waals surface area contributed by atoms with Crippen molar-refractivity contribution in [1.29, 1.82) is 0 Å². The fourth-order valence-corrected chi connectivity index (χ4v) is 2.43. The van der Waals surface area contributed by atoms with Crippen molar-refractivity contribution < 1.29 is 0 Å². The van der Waals surface area contributed by atoms with Crippen LogP contribution in [0.15, 0.2) is 41.7 Å². The molecule has 96 valence electrons. The molecule has 2 heterocycles. The number of aromatic nitrogens is 4. The lowest BCUT2D eigenvalue weighted by Crippen LogP contribution is -2.03. The molecule has 0 saturated heterocycles. The molecule has 0 unspecified atom stereocenters. The van der Waals surface area contributed by atoms with Gasteiger partial charge in [0.05, 0.1) is 11.9 Å². The normalized spacial score (nSPS) is 11.1. The molecule has 0 radical (unpaired) electrons. The van der Waals surface area contributed by atoms with E-state index in [2.05, 4.69) is 27.2 Å². The summed E-state index contributed by atoms with van der Waals surface area (Å²) in [6.07, 6.45) is 3.67. The zero-order chi connectivity index (χ0) is 13.2. The quantitative estimate of drug-likeness (QED) is 0.549. The number of hydrogen-bond acceptors (Lipinski definition) is 4. The highest BCUT2D eigenvalue weighted by Gasteiger charge is 2.11. The van der Waals surface area contributed by atoms with Crippen LogP contribution in [0.2, 0.25) is 5.15 Å². The van der Waals surface area contributed by atoms with Crippen molar-refractivity contribution in [1.82, 2.24) is 19.7 Å². The van der Waals surface area contributed by atoms with Gasteiger partial charge in [-0.05, 0) is 11.8 Å². The number of fused-ring (bicyclic) bond motifs is 1. The lowest BCUT2D eigenvalue weighted by atomic mass is 10.2. The second kappa shape index (κ2) is 5.19. The van der Waals surface area contributed by atoms with Gasteiger partial charge in [-0.15, -0.1) is 0 Å². The molecular formula is C13H11ClN4S. The maximum absolute atomic E-state index is 6.12. The summed E-state index contributed by atoms with van der Waals surface area (Å²) in [4.78, 5) is 8.70. The van der Waals surface area contributed by atoms with E-state index in [1.54, 1.807) is 6.20 Å². The van der Waals surface area contributed by atoms with Crippen molar-refractivity contribution in [2.75, 3.05) is 6.26 Å². The number of halogens is 1. The van der Waals surface area contributed by atoms with Gasteiger partial charge in [-0.1, -0.05) is 53.7 Å². The molecule has 6 heteroatoms. The highest BCUT2D eigenvalue weighted by Crippen LogP contribution is 2.23. The van der Waals surface area contributed by atoms with Gasteiger partial charge in [0.2, 0.25) is 0 Å². The molecule has 0 N–H and O–H groups in total. The van der Waals surface area contributed by atoms with Crippen LogP contribution in [0.5, 0.6) is 0 Å². The van der Waals surface area contributed by atoms with Crippen molar-refractivity contribution in [3.05, 3.63) is 47.2 Å². The molecule has 1 aromatic carbocycles. The minimum Gasteiger partial charge on any atom is -0.241 e. The third kappa shape index (κ3) is 2.43. The molecular weight excluding hydrogens is 280 g/mol. The summed E-state index contributed by atoms with van der Waals surface area (Å²) in [6.45, 7) is 0.648. The van der Waals surface area contributed by atoms with Crippen molar-refractivity contribution in [2.45, 2.75) is 11.7 Å². The molecule has 0 amide bonds. The molecule has 0 aliphatic carbocycles. The molecule has 0 saturated carbocycles. The minimum absolute atomic E-state index is 0.443. The first-order valence-corrected chi connectivity index (χ1v) is 7.35. The van der Waals surface area contributed by atoms with Gasteiger partial charge in [0.15, 0.2) is 16.0 Å². The van der Waals surface area contributed by atoms with Crippen LogP contribution in [0.3, 0.4) is 0 Å². The molecule has 19 heavy (non-hydrogen) atoms. The molecule has 0 bridgehead atoms. The Kier molecular flexibility index (Phi) is 3.40. The molecule has 2 aromatic heterocycles. The van der Waals surface area contributed by atoms with Crippen LogP contribution in [0.1, 0.15) is 5.56 Å².